The number of aliphatic hydroxyl groups is 1. The lowest BCUT2D eigenvalue weighted by Crippen LogP contribution is -2.08. The molecular weight excluding hydrogens is 136 g/mol. The third kappa shape index (κ3) is 0.936. The summed E-state index contributed by atoms with van der Waals surface area (Å²) in [6.45, 7) is 5.05. The van der Waals surface area contributed by atoms with Crippen LogP contribution in [-0.4, -0.2) is 11.7 Å². The van der Waals surface area contributed by atoms with Gasteiger partial charge in [-0.2, -0.15) is 0 Å². The van der Waals surface area contributed by atoms with Gasteiger partial charge in [0.05, 0.1) is 0 Å². The zero-order valence-corrected chi connectivity index (χ0v) is 7.51. The molecule has 4 unspecified atom stereocenters. The third-order valence-corrected chi connectivity index (χ3v) is 4.01. The summed E-state index contributed by atoms with van der Waals surface area (Å²) in [5.74, 6) is 2.57. The minimum absolute atomic E-state index is 0.428. The van der Waals surface area contributed by atoms with Gasteiger partial charge in [-0.3, -0.25) is 0 Å². The molecule has 0 bridgehead atoms. The average molecular weight is 154 g/mol. The molecule has 0 aromatic rings. The van der Waals surface area contributed by atoms with Gasteiger partial charge < -0.3 is 5.11 Å². The van der Waals surface area contributed by atoms with E-state index in [1.165, 1.54) is 19.3 Å². The Morgan fingerprint density at radius 3 is 2.45 bits per heavy atom. The minimum atomic E-state index is 0.428. The number of rotatable bonds is 3. The molecule has 64 valence electrons. The summed E-state index contributed by atoms with van der Waals surface area (Å²) >= 11 is 0. The molecule has 0 saturated heterocycles. The zero-order chi connectivity index (χ0) is 8.06. The summed E-state index contributed by atoms with van der Waals surface area (Å²) < 4.78 is 0. The molecule has 11 heavy (non-hydrogen) atoms. The smallest absolute Gasteiger partial charge is 0.0464 e. The second-order valence-electron chi connectivity index (χ2n) is 4.49. The highest BCUT2D eigenvalue weighted by molar-refractivity contribution is 5.11. The van der Waals surface area contributed by atoms with Crippen LogP contribution in [0.25, 0.3) is 0 Å². The molecular formula is C10H18O. The number of hydrogen-bond donors (Lipinski definition) is 1. The molecule has 2 aliphatic carbocycles. The van der Waals surface area contributed by atoms with Gasteiger partial charge in [0.2, 0.25) is 0 Å². The van der Waals surface area contributed by atoms with E-state index in [1.54, 1.807) is 0 Å². The molecule has 0 radical (unpaired) electrons. The molecule has 0 heterocycles. The van der Waals surface area contributed by atoms with Gasteiger partial charge in [-0.05, 0) is 42.4 Å². The molecule has 2 fully saturated rings. The Labute approximate surface area is 68.8 Å². The van der Waals surface area contributed by atoms with Crippen LogP contribution >= 0.6 is 0 Å². The Kier molecular flexibility index (Phi) is 1.54. The molecule has 2 saturated carbocycles. The Morgan fingerprint density at radius 2 is 2.18 bits per heavy atom. The van der Waals surface area contributed by atoms with E-state index in [4.69, 9.17) is 5.11 Å². The maximum atomic E-state index is 9.04. The van der Waals surface area contributed by atoms with Crippen molar-refractivity contribution in [1.82, 2.24) is 0 Å². The van der Waals surface area contributed by atoms with Crippen LogP contribution in [0.15, 0.2) is 0 Å². The molecule has 0 spiro atoms. The standard InChI is InChI=1S/C10H18O/c1-3-10(5-8(10)6-11)9-4-7(9)2/h7-9,11H,3-6H2,1-2H3. The summed E-state index contributed by atoms with van der Waals surface area (Å²) in [5, 5.41) is 9.04. The Balaban J connectivity index is 1.98. The van der Waals surface area contributed by atoms with Crippen LogP contribution in [0, 0.1) is 23.2 Å². The quantitative estimate of drug-likeness (QED) is 0.659. The van der Waals surface area contributed by atoms with Crippen LogP contribution in [0.5, 0.6) is 0 Å². The van der Waals surface area contributed by atoms with Crippen molar-refractivity contribution in [2.75, 3.05) is 6.61 Å². The molecule has 4 atom stereocenters. The zero-order valence-electron chi connectivity index (χ0n) is 7.51. The lowest BCUT2D eigenvalue weighted by atomic mass is 9.93. The fourth-order valence-electron chi connectivity index (χ4n) is 2.92. The number of aliphatic hydroxyl groups excluding tert-OH is 1. The first-order chi connectivity index (χ1) is 5.24. The first-order valence-corrected chi connectivity index (χ1v) is 4.85. The van der Waals surface area contributed by atoms with Crippen LogP contribution in [0.4, 0.5) is 0 Å². The van der Waals surface area contributed by atoms with Crippen LogP contribution < -0.4 is 0 Å². The predicted molar refractivity (Wildman–Crippen MR) is 45.2 cm³/mol. The first-order valence-electron chi connectivity index (χ1n) is 4.85. The monoisotopic (exact) mass is 154 g/mol. The van der Waals surface area contributed by atoms with Gasteiger partial charge in [-0.1, -0.05) is 13.8 Å². The summed E-state index contributed by atoms with van der Waals surface area (Å²) in [5.41, 5.74) is 0.591. The second-order valence-corrected chi connectivity index (χ2v) is 4.49. The minimum Gasteiger partial charge on any atom is -0.396 e. The number of hydrogen-bond acceptors (Lipinski definition) is 1. The highest BCUT2D eigenvalue weighted by Gasteiger charge is 2.62. The van der Waals surface area contributed by atoms with Crippen LogP contribution in [0.2, 0.25) is 0 Å². The Morgan fingerprint density at radius 1 is 1.55 bits per heavy atom. The van der Waals surface area contributed by atoms with E-state index in [1.807, 2.05) is 0 Å². The van der Waals surface area contributed by atoms with Gasteiger partial charge in [0.15, 0.2) is 0 Å². The van der Waals surface area contributed by atoms with Crippen molar-refractivity contribution in [3.8, 4) is 0 Å². The first kappa shape index (κ1) is 7.60. The molecule has 0 amide bonds. The van der Waals surface area contributed by atoms with Gasteiger partial charge in [0.25, 0.3) is 0 Å². The molecule has 0 aromatic heterocycles. The third-order valence-electron chi connectivity index (χ3n) is 4.01. The molecule has 1 nitrogen and oxygen atoms in total. The molecule has 1 heteroatoms. The van der Waals surface area contributed by atoms with Crippen molar-refractivity contribution in [2.45, 2.75) is 33.1 Å². The largest absolute Gasteiger partial charge is 0.396 e. The van der Waals surface area contributed by atoms with Crippen molar-refractivity contribution in [3.05, 3.63) is 0 Å². The van der Waals surface area contributed by atoms with Crippen molar-refractivity contribution >= 4 is 0 Å². The summed E-state index contributed by atoms with van der Waals surface area (Å²) in [7, 11) is 0. The van der Waals surface area contributed by atoms with E-state index in [9.17, 15) is 0 Å². The fourth-order valence-corrected chi connectivity index (χ4v) is 2.92. The highest BCUT2D eigenvalue weighted by Crippen LogP contribution is 2.69. The van der Waals surface area contributed by atoms with E-state index in [-0.39, 0.29) is 0 Å². The molecule has 2 aliphatic rings. The van der Waals surface area contributed by atoms with Gasteiger partial charge >= 0.3 is 0 Å². The van der Waals surface area contributed by atoms with E-state index < -0.39 is 0 Å². The topological polar surface area (TPSA) is 20.2 Å². The van der Waals surface area contributed by atoms with Gasteiger partial charge in [0, 0.05) is 6.61 Å². The van der Waals surface area contributed by atoms with E-state index >= 15 is 0 Å². The van der Waals surface area contributed by atoms with Gasteiger partial charge in [0.1, 0.15) is 0 Å². The Hall–Kier alpha value is -0.0400. The average Bonchev–Trinajstić information content (AvgIpc) is 2.84. The van der Waals surface area contributed by atoms with E-state index in [0.717, 1.165) is 11.8 Å². The summed E-state index contributed by atoms with van der Waals surface area (Å²) in [4.78, 5) is 0. The van der Waals surface area contributed by atoms with Gasteiger partial charge in [-0.15, -0.1) is 0 Å². The van der Waals surface area contributed by atoms with Crippen LogP contribution in [0.3, 0.4) is 0 Å². The lowest BCUT2D eigenvalue weighted by Gasteiger charge is -2.13. The molecule has 2 rings (SSSR count). The maximum absolute atomic E-state index is 9.04. The van der Waals surface area contributed by atoms with Crippen LogP contribution in [-0.2, 0) is 0 Å². The van der Waals surface area contributed by atoms with Crippen molar-refractivity contribution < 1.29 is 5.11 Å². The van der Waals surface area contributed by atoms with Crippen molar-refractivity contribution in [1.29, 1.82) is 0 Å². The molecule has 0 aliphatic heterocycles. The Bertz CT molecular complexity index is 166. The van der Waals surface area contributed by atoms with Gasteiger partial charge in [-0.25, -0.2) is 0 Å². The summed E-state index contributed by atoms with van der Waals surface area (Å²) in [6, 6.07) is 0. The van der Waals surface area contributed by atoms with Crippen molar-refractivity contribution in [2.24, 2.45) is 23.2 Å². The second kappa shape index (κ2) is 2.22. The molecule has 0 aromatic carbocycles. The molecule has 1 N–H and O–H groups in total. The summed E-state index contributed by atoms with van der Waals surface area (Å²) in [6.07, 6.45) is 4.01. The predicted octanol–water partition coefficient (Wildman–Crippen LogP) is 2.05. The lowest BCUT2D eigenvalue weighted by molar-refractivity contribution is 0.232. The van der Waals surface area contributed by atoms with Crippen LogP contribution in [0.1, 0.15) is 33.1 Å². The fraction of sp³-hybridized carbons (Fsp3) is 1.00. The normalized spacial score (nSPS) is 54.3. The van der Waals surface area contributed by atoms with E-state index in [2.05, 4.69) is 13.8 Å². The van der Waals surface area contributed by atoms with E-state index in [0.29, 0.717) is 17.9 Å². The SMILES string of the molecule is CCC1(C2CC2C)CC1CO. The highest BCUT2D eigenvalue weighted by atomic mass is 16.3. The maximum Gasteiger partial charge on any atom is 0.0464 e. The van der Waals surface area contributed by atoms with Crippen molar-refractivity contribution in [3.63, 3.8) is 0 Å².